The smallest absolute Gasteiger partial charge is 0.220 e. The zero-order valence-electron chi connectivity index (χ0n) is 8.38. The fourth-order valence-electron chi connectivity index (χ4n) is 1.93. The highest BCUT2D eigenvalue weighted by Crippen LogP contribution is 2.30. The van der Waals surface area contributed by atoms with Crippen LogP contribution in [0.2, 0.25) is 0 Å². The summed E-state index contributed by atoms with van der Waals surface area (Å²) in [5.41, 5.74) is 1.16. The lowest BCUT2D eigenvalue weighted by atomic mass is 9.93. The lowest BCUT2D eigenvalue weighted by molar-refractivity contribution is -0.121. The van der Waals surface area contributed by atoms with Crippen LogP contribution in [0.1, 0.15) is 43.6 Å². The molecular formula is C11H15NO2. The number of rotatable bonds is 2. The molecule has 1 aromatic rings. The van der Waals surface area contributed by atoms with Crippen molar-refractivity contribution in [2.24, 2.45) is 0 Å². The van der Waals surface area contributed by atoms with E-state index in [1.165, 1.54) is 0 Å². The van der Waals surface area contributed by atoms with Crippen molar-refractivity contribution in [3.8, 4) is 0 Å². The van der Waals surface area contributed by atoms with Crippen LogP contribution in [0, 0.1) is 0 Å². The van der Waals surface area contributed by atoms with E-state index in [-0.39, 0.29) is 11.9 Å². The van der Waals surface area contributed by atoms with E-state index in [1.807, 2.05) is 13.0 Å². The molecule has 0 unspecified atom stereocenters. The number of carbonyl (C=O) groups excluding carboxylic acids is 1. The van der Waals surface area contributed by atoms with Gasteiger partial charge in [-0.2, -0.15) is 0 Å². The van der Waals surface area contributed by atoms with Crippen molar-refractivity contribution in [1.29, 1.82) is 0 Å². The number of nitrogens with one attached hydrogen (secondary N) is 1. The van der Waals surface area contributed by atoms with Crippen LogP contribution < -0.4 is 5.32 Å². The van der Waals surface area contributed by atoms with E-state index in [2.05, 4.69) is 5.32 Å². The normalized spacial score (nSPS) is 20.2. The largest absolute Gasteiger partial charge is 0.469 e. The van der Waals surface area contributed by atoms with Gasteiger partial charge in [0.1, 0.15) is 5.76 Å². The molecule has 14 heavy (non-hydrogen) atoms. The molecule has 1 amide bonds. The van der Waals surface area contributed by atoms with E-state index in [0.717, 1.165) is 30.6 Å². The number of furan rings is 1. The van der Waals surface area contributed by atoms with Gasteiger partial charge in [0.25, 0.3) is 0 Å². The highest BCUT2D eigenvalue weighted by atomic mass is 16.3. The van der Waals surface area contributed by atoms with Gasteiger partial charge in [-0.3, -0.25) is 4.79 Å². The molecule has 0 spiro atoms. The summed E-state index contributed by atoms with van der Waals surface area (Å²) in [7, 11) is 0. The Morgan fingerprint density at radius 1 is 1.71 bits per heavy atom. The molecule has 0 aliphatic heterocycles. The van der Waals surface area contributed by atoms with Crippen molar-refractivity contribution < 1.29 is 9.21 Å². The van der Waals surface area contributed by atoms with E-state index in [0.29, 0.717) is 6.42 Å². The molecule has 1 aliphatic rings. The van der Waals surface area contributed by atoms with Crippen LogP contribution >= 0.6 is 0 Å². The molecule has 0 bridgehead atoms. The van der Waals surface area contributed by atoms with Crippen LogP contribution in [-0.4, -0.2) is 5.91 Å². The second-order valence-corrected chi connectivity index (χ2v) is 3.67. The highest BCUT2D eigenvalue weighted by molar-refractivity contribution is 5.76. The van der Waals surface area contributed by atoms with Gasteiger partial charge < -0.3 is 9.73 Å². The standard InChI is InChI=1S/C11H15NO2/c1-2-11(13)12-9-4-3-5-10-8(9)6-7-14-10/h6-7,9H,2-5H2,1H3,(H,12,13)/t9-/m0/s1. The Balaban J connectivity index is 2.12. The minimum atomic E-state index is 0.115. The molecule has 0 saturated carbocycles. The fraction of sp³-hybridized carbons (Fsp3) is 0.545. The van der Waals surface area contributed by atoms with Crippen LogP contribution in [0.15, 0.2) is 16.7 Å². The fourth-order valence-corrected chi connectivity index (χ4v) is 1.93. The maximum Gasteiger partial charge on any atom is 0.220 e. The Morgan fingerprint density at radius 3 is 3.36 bits per heavy atom. The Bertz CT molecular complexity index is 330. The van der Waals surface area contributed by atoms with Crippen LogP contribution in [0.3, 0.4) is 0 Å². The molecule has 76 valence electrons. The Labute approximate surface area is 83.5 Å². The van der Waals surface area contributed by atoms with Crippen LogP contribution in [0.4, 0.5) is 0 Å². The molecule has 0 saturated heterocycles. The molecule has 2 rings (SSSR count). The first-order chi connectivity index (χ1) is 6.81. The molecule has 0 aromatic carbocycles. The topological polar surface area (TPSA) is 42.2 Å². The Hall–Kier alpha value is -1.25. The zero-order valence-corrected chi connectivity index (χ0v) is 8.38. The number of fused-ring (bicyclic) bond motifs is 1. The predicted molar refractivity (Wildman–Crippen MR) is 52.8 cm³/mol. The highest BCUT2D eigenvalue weighted by Gasteiger charge is 2.23. The molecule has 3 nitrogen and oxygen atoms in total. The average molecular weight is 193 g/mol. The SMILES string of the molecule is CCC(=O)N[C@H]1CCCc2occc21. The van der Waals surface area contributed by atoms with Crippen molar-refractivity contribution in [3.63, 3.8) is 0 Å². The summed E-state index contributed by atoms with van der Waals surface area (Å²) in [6.07, 6.45) is 5.37. The third-order valence-corrected chi connectivity index (χ3v) is 2.71. The van der Waals surface area contributed by atoms with E-state index in [9.17, 15) is 4.79 Å². The molecule has 1 aliphatic carbocycles. The summed E-state index contributed by atoms with van der Waals surface area (Å²) in [5.74, 6) is 1.15. The molecule has 0 radical (unpaired) electrons. The van der Waals surface area contributed by atoms with E-state index in [4.69, 9.17) is 4.42 Å². The van der Waals surface area contributed by atoms with Crippen molar-refractivity contribution in [2.45, 2.75) is 38.6 Å². The van der Waals surface area contributed by atoms with Gasteiger partial charge in [0.05, 0.1) is 12.3 Å². The molecule has 1 N–H and O–H groups in total. The van der Waals surface area contributed by atoms with Gasteiger partial charge in [-0.15, -0.1) is 0 Å². The predicted octanol–water partition coefficient (Wildman–Crippen LogP) is 2.18. The summed E-state index contributed by atoms with van der Waals surface area (Å²) >= 11 is 0. The molecule has 1 atom stereocenters. The first kappa shape index (κ1) is 9.31. The van der Waals surface area contributed by atoms with Crippen molar-refractivity contribution >= 4 is 5.91 Å². The van der Waals surface area contributed by atoms with Gasteiger partial charge in [0.2, 0.25) is 5.91 Å². The summed E-state index contributed by atoms with van der Waals surface area (Å²) < 4.78 is 5.35. The number of amides is 1. The first-order valence-corrected chi connectivity index (χ1v) is 5.17. The monoisotopic (exact) mass is 193 g/mol. The average Bonchev–Trinajstić information content (AvgIpc) is 2.66. The van der Waals surface area contributed by atoms with Gasteiger partial charge in [-0.1, -0.05) is 6.92 Å². The van der Waals surface area contributed by atoms with Gasteiger partial charge >= 0.3 is 0 Å². The van der Waals surface area contributed by atoms with Crippen molar-refractivity contribution in [2.75, 3.05) is 0 Å². The van der Waals surface area contributed by atoms with E-state index < -0.39 is 0 Å². The second-order valence-electron chi connectivity index (χ2n) is 3.67. The van der Waals surface area contributed by atoms with Crippen LogP contribution in [-0.2, 0) is 11.2 Å². The lowest BCUT2D eigenvalue weighted by Gasteiger charge is -2.22. The molecular weight excluding hydrogens is 178 g/mol. The van der Waals surface area contributed by atoms with Crippen LogP contribution in [0.5, 0.6) is 0 Å². The molecule has 1 aromatic heterocycles. The maximum atomic E-state index is 11.3. The van der Waals surface area contributed by atoms with Crippen molar-refractivity contribution in [1.82, 2.24) is 5.32 Å². The summed E-state index contributed by atoms with van der Waals surface area (Å²) in [5, 5.41) is 3.01. The molecule has 1 heterocycles. The van der Waals surface area contributed by atoms with Gasteiger partial charge in [-0.25, -0.2) is 0 Å². The summed E-state index contributed by atoms with van der Waals surface area (Å²) in [4.78, 5) is 11.3. The molecule has 0 fully saturated rings. The Morgan fingerprint density at radius 2 is 2.57 bits per heavy atom. The summed E-state index contributed by atoms with van der Waals surface area (Å²) in [6.45, 7) is 1.87. The Kier molecular flexibility index (Phi) is 2.57. The second kappa shape index (κ2) is 3.86. The van der Waals surface area contributed by atoms with E-state index in [1.54, 1.807) is 6.26 Å². The lowest BCUT2D eigenvalue weighted by Crippen LogP contribution is -2.29. The number of aryl methyl sites for hydroxylation is 1. The number of hydrogen-bond donors (Lipinski definition) is 1. The quantitative estimate of drug-likeness (QED) is 0.782. The molecule has 3 heteroatoms. The minimum absolute atomic E-state index is 0.115. The first-order valence-electron chi connectivity index (χ1n) is 5.17. The van der Waals surface area contributed by atoms with Crippen LogP contribution in [0.25, 0.3) is 0 Å². The van der Waals surface area contributed by atoms with Crippen molar-refractivity contribution in [3.05, 3.63) is 23.7 Å². The zero-order chi connectivity index (χ0) is 9.97. The maximum absolute atomic E-state index is 11.3. The van der Waals surface area contributed by atoms with Gasteiger partial charge in [0, 0.05) is 18.4 Å². The van der Waals surface area contributed by atoms with Gasteiger partial charge in [0.15, 0.2) is 0 Å². The third kappa shape index (κ3) is 1.67. The third-order valence-electron chi connectivity index (χ3n) is 2.71. The number of hydrogen-bond acceptors (Lipinski definition) is 2. The minimum Gasteiger partial charge on any atom is -0.469 e. The van der Waals surface area contributed by atoms with Gasteiger partial charge in [-0.05, 0) is 18.9 Å². The number of carbonyl (C=O) groups is 1. The summed E-state index contributed by atoms with van der Waals surface area (Å²) in [6, 6.07) is 2.14. The van der Waals surface area contributed by atoms with E-state index >= 15 is 0 Å².